The van der Waals surface area contributed by atoms with Gasteiger partial charge in [0.05, 0.1) is 23.4 Å². The molecule has 1 aromatic heterocycles. The summed E-state index contributed by atoms with van der Waals surface area (Å²) in [5.74, 6) is -0.450. The second-order valence-corrected chi connectivity index (χ2v) is 6.06. The van der Waals surface area contributed by atoms with Crippen LogP contribution >= 0.6 is 11.6 Å². The molecule has 0 atom stereocenters. The van der Waals surface area contributed by atoms with Crippen molar-refractivity contribution in [1.29, 1.82) is 0 Å². The number of hydrogen-bond donors (Lipinski definition) is 1. The number of carbonyl (C=O) groups excluding carboxylic acids is 2. The van der Waals surface area contributed by atoms with Crippen molar-refractivity contribution in [1.82, 2.24) is 14.9 Å². The third-order valence-electron chi connectivity index (χ3n) is 3.70. The lowest BCUT2D eigenvalue weighted by molar-refractivity contribution is 0.0600. The van der Waals surface area contributed by atoms with Gasteiger partial charge in [-0.25, -0.2) is 14.8 Å². The van der Waals surface area contributed by atoms with E-state index in [4.69, 9.17) is 16.3 Å². The van der Waals surface area contributed by atoms with Gasteiger partial charge in [0.25, 0.3) is 5.91 Å². The number of benzene rings is 1. The maximum absolute atomic E-state index is 12.4. The predicted molar refractivity (Wildman–Crippen MR) is 100.0 cm³/mol. The van der Waals surface area contributed by atoms with Gasteiger partial charge in [-0.05, 0) is 30.7 Å². The van der Waals surface area contributed by atoms with Crippen molar-refractivity contribution in [3.8, 4) is 0 Å². The van der Waals surface area contributed by atoms with Crippen LogP contribution in [0, 0.1) is 0 Å². The molecule has 0 unspecified atom stereocenters. The molecule has 1 aromatic carbocycles. The van der Waals surface area contributed by atoms with E-state index in [2.05, 4.69) is 22.2 Å². The third-order valence-corrected chi connectivity index (χ3v) is 4.03. The molecule has 0 aliphatic rings. The van der Waals surface area contributed by atoms with Crippen LogP contribution in [0.5, 0.6) is 0 Å². The van der Waals surface area contributed by atoms with Crippen molar-refractivity contribution in [2.24, 2.45) is 0 Å². The van der Waals surface area contributed by atoms with E-state index in [9.17, 15) is 9.59 Å². The topological polar surface area (TPSA) is 84.4 Å². The summed E-state index contributed by atoms with van der Waals surface area (Å²) in [6, 6.07) is 6.23. The number of unbranched alkanes of at least 4 members (excludes halogenated alkanes) is 1. The van der Waals surface area contributed by atoms with Crippen LogP contribution in [0.4, 0.5) is 11.6 Å². The van der Waals surface area contributed by atoms with Gasteiger partial charge in [0, 0.05) is 19.8 Å². The van der Waals surface area contributed by atoms with E-state index < -0.39 is 5.97 Å². The first-order chi connectivity index (χ1) is 12.5. The fourth-order valence-corrected chi connectivity index (χ4v) is 2.38. The highest BCUT2D eigenvalue weighted by Crippen LogP contribution is 2.25. The molecule has 26 heavy (non-hydrogen) atoms. The van der Waals surface area contributed by atoms with Crippen LogP contribution in [-0.4, -0.2) is 47.4 Å². The van der Waals surface area contributed by atoms with E-state index in [0.717, 1.165) is 12.8 Å². The van der Waals surface area contributed by atoms with Crippen LogP contribution in [0.1, 0.15) is 40.6 Å². The fourth-order valence-electron chi connectivity index (χ4n) is 2.22. The molecule has 8 heteroatoms. The Balaban J connectivity index is 2.21. The lowest BCUT2D eigenvalue weighted by atomic mass is 10.2. The first-order valence-corrected chi connectivity index (χ1v) is 8.57. The summed E-state index contributed by atoms with van der Waals surface area (Å²) in [6.45, 7) is 2.73. The molecular formula is C18H21ClN4O3. The highest BCUT2D eigenvalue weighted by Gasteiger charge is 2.15. The van der Waals surface area contributed by atoms with E-state index >= 15 is 0 Å². The van der Waals surface area contributed by atoms with E-state index in [1.54, 1.807) is 36.2 Å². The smallest absolute Gasteiger partial charge is 0.337 e. The Kier molecular flexibility index (Phi) is 6.91. The minimum Gasteiger partial charge on any atom is -0.465 e. The molecule has 1 amide bonds. The number of hydrogen-bond acceptors (Lipinski definition) is 6. The lowest BCUT2D eigenvalue weighted by Gasteiger charge is -2.16. The molecule has 0 aliphatic carbocycles. The minimum absolute atomic E-state index is 0.182. The summed E-state index contributed by atoms with van der Waals surface area (Å²) < 4.78 is 4.70. The number of nitrogens with one attached hydrogen (secondary N) is 1. The number of methoxy groups -OCH3 is 1. The first-order valence-electron chi connectivity index (χ1n) is 8.19. The molecule has 0 saturated carbocycles. The molecule has 2 rings (SSSR count). The van der Waals surface area contributed by atoms with E-state index in [-0.39, 0.29) is 17.5 Å². The molecule has 2 aromatic rings. The SMILES string of the molecule is CCCCN(C)C(=O)c1ccnc(Nc2cc(C(=O)OC)ccc2Cl)n1. The van der Waals surface area contributed by atoms with Crippen LogP contribution in [0.2, 0.25) is 5.02 Å². The standard InChI is InChI=1S/C18H21ClN4O3/c1-4-5-10-23(2)16(24)14-8-9-20-18(21-14)22-15-11-12(17(25)26-3)6-7-13(15)19/h6-9,11H,4-5,10H2,1-3H3,(H,20,21,22). The van der Waals surface area contributed by atoms with Crippen molar-refractivity contribution in [2.45, 2.75) is 19.8 Å². The van der Waals surface area contributed by atoms with Crippen molar-refractivity contribution >= 4 is 35.1 Å². The Bertz CT molecular complexity index is 798. The summed E-state index contributed by atoms with van der Waals surface area (Å²) in [4.78, 5) is 34.1. The average molecular weight is 377 g/mol. The summed E-state index contributed by atoms with van der Waals surface area (Å²) in [5, 5.41) is 3.32. The highest BCUT2D eigenvalue weighted by molar-refractivity contribution is 6.33. The van der Waals surface area contributed by atoms with Gasteiger partial charge in [-0.15, -0.1) is 0 Å². The molecule has 0 saturated heterocycles. The third kappa shape index (κ3) is 4.92. The maximum Gasteiger partial charge on any atom is 0.337 e. The van der Waals surface area contributed by atoms with E-state index in [0.29, 0.717) is 22.8 Å². The van der Waals surface area contributed by atoms with Gasteiger partial charge in [-0.1, -0.05) is 24.9 Å². The summed E-state index contributed by atoms with van der Waals surface area (Å²) >= 11 is 6.16. The second-order valence-electron chi connectivity index (χ2n) is 5.66. The molecule has 0 spiro atoms. The maximum atomic E-state index is 12.4. The highest BCUT2D eigenvalue weighted by atomic mass is 35.5. The van der Waals surface area contributed by atoms with Gasteiger partial charge in [-0.3, -0.25) is 4.79 Å². The molecule has 138 valence electrons. The van der Waals surface area contributed by atoms with Crippen LogP contribution in [-0.2, 0) is 4.74 Å². The van der Waals surface area contributed by atoms with Crippen LogP contribution < -0.4 is 5.32 Å². The summed E-state index contributed by atoms with van der Waals surface area (Å²) in [5.41, 5.74) is 1.06. The van der Waals surface area contributed by atoms with Crippen LogP contribution in [0.25, 0.3) is 0 Å². The van der Waals surface area contributed by atoms with Gasteiger partial charge in [-0.2, -0.15) is 0 Å². The quantitative estimate of drug-likeness (QED) is 0.744. The normalized spacial score (nSPS) is 10.3. The number of amides is 1. The van der Waals surface area contributed by atoms with E-state index in [1.165, 1.54) is 13.3 Å². The number of nitrogens with zero attached hydrogens (tertiary/aromatic N) is 3. The van der Waals surface area contributed by atoms with Crippen LogP contribution in [0.3, 0.4) is 0 Å². The number of ether oxygens (including phenoxy) is 1. The Hall–Kier alpha value is -2.67. The lowest BCUT2D eigenvalue weighted by Crippen LogP contribution is -2.28. The van der Waals surface area contributed by atoms with Gasteiger partial charge in [0.2, 0.25) is 5.95 Å². The van der Waals surface area contributed by atoms with Crippen molar-refractivity contribution in [3.63, 3.8) is 0 Å². The first kappa shape index (κ1) is 19.7. The number of halogens is 1. The van der Waals surface area contributed by atoms with Gasteiger partial charge in [0.15, 0.2) is 0 Å². The Morgan fingerprint density at radius 3 is 2.77 bits per heavy atom. The Morgan fingerprint density at radius 1 is 1.31 bits per heavy atom. The zero-order valence-corrected chi connectivity index (χ0v) is 15.7. The second kappa shape index (κ2) is 9.15. The number of anilines is 2. The average Bonchev–Trinajstić information content (AvgIpc) is 2.66. The van der Waals surface area contributed by atoms with Gasteiger partial charge >= 0.3 is 5.97 Å². The largest absolute Gasteiger partial charge is 0.465 e. The zero-order chi connectivity index (χ0) is 19.1. The van der Waals surface area contributed by atoms with E-state index in [1.807, 2.05) is 0 Å². The molecule has 7 nitrogen and oxygen atoms in total. The monoisotopic (exact) mass is 376 g/mol. The van der Waals surface area contributed by atoms with Crippen LogP contribution in [0.15, 0.2) is 30.5 Å². The predicted octanol–water partition coefficient (Wildman–Crippen LogP) is 3.53. The van der Waals surface area contributed by atoms with Gasteiger partial charge < -0.3 is 15.0 Å². The zero-order valence-electron chi connectivity index (χ0n) is 15.0. The molecule has 1 N–H and O–H groups in total. The van der Waals surface area contributed by atoms with Gasteiger partial charge in [0.1, 0.15) is 5.69 Å². The molecular weight excluding hydrogens is 356 g/mol. The number of rotatable bonds is 7. The Morgan fingerprint density at radius 2 is 2.08 bits per heavy atom. The fraction of sp³-hybridized carbons (Fsp3) is 0.333. The molecule has 0 radical (unpaired) electrons. The molecule has 0 bridgehead atoms. The Labute approximate surface area is 157 Å². The number of esters is 1. The molecule has 1 heterocycles. The molecule has 0 aliphatic heterocycles. The number of carbonyl (C=O) groups is 2. The summed E-state index contributed by atoms with van der Waals surface area (Å²) in [6.07, 6.45) is 3.42. The molecule has 0 fully saturated rings. The van der Waals surface area contributed by atoms with Crippen molar-refractivity contribution < 1.29 is 14.3 Å². The number of aromatic nitrogens is 2. The van der Waals surface area contributed by atoms with Crippen molar-refractivity contribution in [3.05, 3.63) is 46.7 Å². The summed E-state index contributed by atoms with van der Waals surface area (Å²) in [7, 11) is 3.04. The van der Waals surface area contributed by atoms with Crippen molar-refractivity contribution in [2.75, 3.05) is 26.0 Å². The minimum atomic E-state index is -0.480.